The summed E-state index contributed by atoms with van der Waals surface area (Å²) in [7, 11) is 2.97. The third-order valence-electron chi connectivity index (χ3n) is 3.80. The first-order chi connectivity index (χ1) is 12.4. The van der Waals surface area contributed by atoms with Gasteiger partial charge in [0.05, 0.1) is 19.8 Å². The van der Waals surface area contributed by atoms with E-state index in [1.807, 2.05) is 0 Å². The highest BCUT2D eigenvalue weighted by Gasteiger charge is 2.21. The van der Waals surface area contributed by atoms with E-state index in [4.69, 9.17) is 25.8 Å². The van der Waals surface area contributed by atoms with Crippen LogP contribution in [-0.2, 0) is 9.53 Å². The van der Waals surface area contributed by atoms with Crippen molar-refractivity contribution in [1.82, 2.24) is 0 Å². The van der Waals surface area contributed by atoms with Gasteiger partial charge in [0.1, 0.15) is 0 Å². The Bertz CT molecular complexity index is 822. The van der Waals surface area contributed by atoms with Gasteiger partial charge >= 0.3 is 5.97 Å². The van der Waals surface area contributed by atoms with Crippen molar-refractivity contribution in [3.8, 4) is 11.5 Å². The van der Waals surface area contributed by atoms with Gasteiger partial charge in [-0.15, -0.1) is 0 Å². The molecule has 0 aliphatic carbocycles. The first-order valence-corrected chi connectivity index (χ1v) is 8.24. The molecule has 6 nitrogen and oxygen atoms in total. The summed E-state index contributed by atoms with van der Waals surface area (Å²) < 4.78 is 15.5. The number of carbonyl (C=O) groups excluding carboxylic acids is 2. The van der Waals surface area contributed by atoms with Gasteiger partial charge in [-0.2, -0.15) is 0 Å². The Morgan fingerprint density at radius 3 is 2.42 bits per heavy atom. The molecule has 26 heavy (non-hydrogen) atoms. The third kappa shape index (κ3) is 4.46. The summed E-state index contributed by atoms with van der Waals surface area (Å²) in [5, 5.41) is 3.24. The standard InChI is InChI=1S/C19H20ClNO5/c1-11-14(20)6-5-7-15(11)21-18(22)12(2)26-19(23)13-8-9-16(24-3)17(10-13)25-4/h5-10,12H,1-4H3,(H,21,22)/t12-/m0/s1. The first kappa shape index (κ1) is 19.6. The number of methoxy groups -OCH3 is 2. The van der Waals surface area contributed by atoms with Crippen LogP contribution < -0.4 is 14.8 Å². The van der Waals surface area contributed by atoms with Crippen molar-refractivity contribution in [1.29, 1.82) is 0 Å². The van der Waals surface area contributed by atoms with Gasteiger partial charge in [0.15, 0.2) is 17.6 Å². The van der Waals surface area contributed by atoms with E-state index in [9.17, 15) is 9.59 Å². The molecule has 0 bridgehead atoms. The van der Waals surface area contributed by atoms with Crippen LogP contribution in [0.3, 0.4) is 0 Å². The van der Waals surface area contributed by atoms with E-state index >= 15 is 0 Å². The number of hydrogen-bond donors (Lipinski definition) is 1. The summed E-state index contributed by atoms with van der Waals surface area (Å²) in [5.41, 5.74) is 1.55. The quantitative estimate of drug-likeness (QED) is 0.774. The summed E-state index contributed by atoms with van der Waals surface area (Å²) in [5.74, 6) is -0.208. The molecular formula is C19H20ClNO5. The van der Waals surface area contributed by atoms with Gasteiger partial charge in [-0.05, 0) is 49.7 Å². The van der Waals surface area contributed by atoms with Crippen molar-refractivity contribution in [2.75, 3.05) is 19.5 Å². The molecule has 0 spiro atoms. The Labute approximate surface area is 157 Å². The fraction of sp³-hybridized carbons (Fsp3) is 0.263. The van der Waals surface area contributed by atoms with Crippen LogP contribution in [-0.4, -0.2) is 32.2 Å². The maximum atomic E-state index is 12.3. The van der Waals surface area contributed by atoms with Crippen LogP contribution in [0.1, 0.15) is 22.8 Å². The van der Waals surface area contributed by atoms with E-state index in [1.165, 1.54) is 33.3 Å². The van der Waals surface area contributed by atoms with Gasteiger partial charge in [0.25, 0.3) is 5.91 Å². The molecule has 0 aromatic heterocycles. The van der Waals surface area contributed by atoms with Crippen molar-refractivity contribution >= 4 is 29.2 Å². The molecule has 0 saturated heterocycles. The predicted molar refractivity (Wildman–Crippen MR) is 99.2 cm³/mol. The summed E-state index contributed by atoms with van der Waals surface area (Å²) >= 11 is 6.04. The Balaban J connectivity index is 2.06. The van der Waals surface area contributed by atoms with Crippen molar-refractivity contribution in [3.63, 3.8) is 0 Å². The van der Waals surface area contributed by atoms with E-state index in [1.54, 1.807) is 31.2 Å². The molecule has 0 fully saturated rings. The van der Waals surface area contributed by atoms with Crippen molar-refractivity contribution in [2.24, 2.45) is 0 Å². The molecule has 1 amide bonds. The van der Waals surface area contributed by atoms with Gasteiger partial charge in [0, 0.05) is 10.7 Å². The number of amides is 1. The van der Waals surface area contributed by atoms with Crippen LogP contribution in [0.5, 0.6) is 11.5 Å². The zero-order valence-corrected chi connectivity index (χ0v) is 15.7. The van der Waals surface area contributed by atoms with Crippen molar-refractivity contribution in [3.05, 3.63) is 52.5 Å². The van der Waals surface area contributed by atoms with Crippen molar-refractivity contribution in [2.45, 2.75) is 20.0 Å². The molecule has 2 aromatic rings. The average molecular weight is 378 g/mol. The zero-order chi connectivity index (χ0) is 19.3. The Morgan fingerprint density at radius 1 is 1.08 bits per heavy atom. The Hall–Kier alpha value is -2.73. The molecular weight excluding hydrogens is 358 g/mol. The highest BCUT2D eigenvalue weighted by molar-refractivity contribution is 6.31. The van der Waals surface area contributed by atoms with Gasteiger partial charge in [-0.1, -0.05) is 17.7 Å². The minimum Gasteiger partial charge on any atom is -0.493 e. The van der Waals surface area contributed by atoms with Crippen LogP contribution >= 0.6 is 11.6 Å². The van der Waals surface area contributed by atoms with E-state index in [0.717, 1.165) is 5.56 Å². The molecule has 1 atom stereocenters. The number of benzene rings is 2. The van der Waals surface area contributed by atoms with Crippen LogP contribution in [0.2, 0.25) is 5.02 Å². The first-order valence-electron chi connectivity index (χ1n) is 7.86. The number of anilines is 1. The fourth-order valence-electron chi connectivity index (χ4n) is 2.22. The number of ether oxygens (including phenoxy) is 3. The average Bonchev–Trinajstić information content (AvgIpc) is 2.64. The number of carbonyl (C=O) groups is 2. The lowest BCUT2D eigenvalue weighted by atomic mass is 10.2. The van der Waals surface area contributed by atoms with Gasteiger partial charge in [-0.25, -0.2) is 4.79 Å². The second kappa shape index (κ2) is 8.58. The summed E-state index contributed by atoms with van der Waals surface area (Å²) in [4.78, 5) is 24.6. The maximum absolute atomic E-state index is 12.3. The van der Waals surface area contributed by atoms with Crippen LogP contribution in [0.15, 0.2) is 36.4 Å². The Kier molecular flexibility index (Phi) is 6.46. The number of rotatable bonds is 6. The highest BCUT2D eigenvalue weighted by atomic mass is 35.5. The number of nitrogens with one attached hydrogen (secondary N) is 1. The SMILES string of the molecule is COc1ccc(C(=O)O[C@@H](C)C(=O)Nc2cccc(Cl)c2C)cc1OC. The largest absolute Gasteiger partial charge is 0.493 e. The maximum Gasteiger partial charge on any atom is 0.339 e. The molecule has 1 N–H and O–H groups in total. The van der Waals surface area contributed by atoms with Gasteiger partial charge in [0.2, 0.25) is 0 Å². The minimum absolute atomic E-state index is 0.251. The molecule has 0 aliphatic rings. The number of esters is 1. The fourth-order valence-corrected chi connectivity index (χ4v) is 2.40. The minimum atomic E-state index is -0.992. The zero-order valence-electron chi connectivity index (χ0n) is 15.0. The van der Waals surface area contributed by atoms with E-state index in [2.05, 4.69) is 5.32 Å². The molecule has 0 heterocycles. The Morgan fingerprint density at radius 2 is 1.77 bits per heavy atom. The molecule has 0 unspecified atom stereocenters. The molecule has 0 aliphatic heterocycles. The molecule has 2 aromatic carbocycles. The highest BCUT2D eigenvalue weighted by Crippen LogP contribution is 2.28. The van der Waals surface area contributed by atoms with E-state index < -0.39 is 18.0 Å². The summed E-state index contributed by atoms with van der Waals surface area (Å²) in [6.45, 7) is 3.28. The lowest BCUT2D eigenvalue weighted by Gasteiger charge is -2.15. The second-order valence-electron chi connectivity index (χ2n) is 5.52. The smallest absolute Gasteiger partial charge is 0.339 e. The second-order valence-corrected chi connectivity index (χ2v) is 5.93. The molecule has 0 saturated carbocycles. The van der Waals surface area contributed by atoms with E-state index in [0.29, 0.717) is 22.2 Å². The summed E-state index contributed by atoms with van der Waals surface area (Å²) in [6, 6.07) is 9.80. The number of halogens is 1. The van der Waals surface area contributed by atoms with Gasteiger partial charge in [-0.3, -0.25) is 4.79 Å². The normalized spacial score (nSPS) is 11.4. The lowest BCUT2D eigenvalue weighted by molar-refractivity contribution is -0.123. The molecule has 0 radical (unpaired) electrons. The van der Waals surface area contributed by atoms with Crippen molar-refractivity contribution < 1.29 is 23.8 Å². The van der Waals surface area contributed by atoms with Crippen LogP contribution in [0, 0.1) is 6.92 Å². The third-order valence-corrected chi connectivity index (χ3v) is 4.21. The van der Waals surface area contributed by atoms with E-state index in [-0.39, 0.29) is 5.56 Å². The topological polar surface area (TPSA) is 73.9 Å². The monoisotopic (exact) mass is 377 g/mol. The van der Waals surface area contributed by atoms with Crippen LogP contribution in [0.4, 0.5) is 5.69 Å². The molecule has 2 rings (SSSR count). The van der Waals surface area contributed by atoms with Crippen LogP contribution in [0.25, 0.3) is 0 Å². The molecule has 138 valence electrons. The predicted octanol–water partition coefficient (Wildman–Crippen LogP) is 3.85. The molecule has 7 heteroatoms. The van der Waals surface area contributed by atoms with Gasteiger partial charge < -0.3 is 19.5 Å². The number of hydrogen-bond acceptors (Lipinski definition) is 5. The summed E-state index contributed by atoms with van der Waals surface area (Å²) in [6.07, 6.45) is -0.992. The lowest BCUT2D eigenvalue weighted by Crippen LogP contribution is -2.30.